The predicted octanol–water partition coefficient (Wildman–Crippen LogP) is 2.53. The van der Waals surface area contributed by atoms with E-state index in [1.165, 1.54) is 12.0 Å². The van der Waals surface area contributed by atoms with Gasteiger partial charge in [-0.1, -0.05) is 30.3 Å². The minimum absolute atomic E-state index is 0.275. The molecule has 1 N–H and O–H groups in total. The van der Waals surface area contributed by atoms with Gasteiger partial charge in [0.15, 0.2) is 0 Å². The van der Waals surface area contributed by atoms with E-state index in [2.05, 4.69) is 29.6 Å². The second-order valence-electron chi connectivity index (χ2n) is 4.95. The maximum atomic E-state index is 5.42. The summed E-state index contributed by atoms with van der Waals surface area (Å²) in [5.74, 6) is 0. The van der Waals surface area contributed by atoms with Crippen LogP contribution >= 0.6 is 0 Å². The fourth-order valence-electron chi connectivity index (χ4n) is 2.68. The van der Waals surface area contributed by atoms with Crippen LogP contribution in [-0.2, 0) is 9.47 Å². The van der Waals surface area contributed by atoms with Crippen molar-refractivity contribution in [1.82, 2.24) is 5.32 Å². The third-order valence-corrected chi connectivity index (χ3v) is 3.69. The summed E-state index contributed by atoms with van der Waals surface area (Å²) < 4.78 is 10.7. The van der Waals surface area contributed by atoms with E-state index in [-0.39, 0.29) is 6.04 Å². The van der Waals surface area contributed by atoms with Crippen LogP contribution in [0.25, 0.3) is 0 Å². The molecular formula is C15H23NO2. The van der Waals surface area contributed by atoms with Gasteiger partial charge in [-0.05, 0) is 24.8 Å². The molecule has 100 valence electrons. The Bertz CT molecular complexity index is 342. The summed E-state index contributed by atoms with van der Waals surface area (Å²) in [6, 6.07) is 11.3. The Morgan fingerprint density at radius 3 is 2.61 bits per heavy atom. The SMILES string of the molecule is COCC(NC1CCC(OC)C1)c1ccccc1. The van der Waals surface area contributed by atoms with Crippen molar-refractivity contribution < 1.29 is 9.47 Å². The van der Waals surface area contributed by atoms with E-state index in [0.29, 0.717) is 18.8 Å². The first-order chi connectivity index (χ1) is 8.83. The average Bonchev–Trinajstić information content (AvgIpc) is 2.87. The summed E-state index contributed by atoms with van der Waals surface area (Å²) in [5.41, 5.74) is 1.29. The van der Waals surface area contributed by atoms with E-state index in [0.717, 1.165) is 12.8 Å². The first kappa shape index (κ1) is 13.5. The van der Waals surface area contributed by atoms with Crippen molar-refractivity contribution in [1.29, 1.82) is 0 Å². The van der Waals surface area contributed by atoms with Crippen LogP contribution in [0.3, 0.4) is 0 Å². The normalized spacial score (nSPS) is 25.2. The first-order valence-corrected chi connectivity index (χ1v) is 6.66. The second-order valence-corrected chi connectivity index (χ2v) is 4.95. The molecule has 0 amide bonds. The van der Waals surface area contributed by atoms with Gasteiger partial charge in [0.1, 0.15) is 0 Å². The van der Waals surface area contributed by atoms with Crippen molar-refractivity contribution in [2.75, 3.05) is 20.8 Å². The summed E-state index contributed by atoms with van der Waals surface area (Å²) in [5, 5.41) is 3.69. The Morgan fingerprint density at radius 1 is 1.22 bits per heavy atom. The Kier molecular flexibility index (Phi) is 5.17. The number of hydrogen-bond acceptors (Lipinski definition) is 3. The Balaban J connectivity index is 1.95. The molecule has 1 saturated carbocycles. The molecule has 0 spiro atoms. The van der Waals surface area contributed by atoms with Crippen molar-refractivity contribution >= 4 is 0 Å². The van der Waals surface area contributed by atoms with Gasteiger partial charge < -0.3 is 14.8 Å². The quantitative estimate of drug-likeness (QED) is 0.840. The van der Waals surface area contributed by atoms with Gasteiger partial charge in [-0.2, -0.15) is 0 Å². The molecule has 1 aromatic carbocycles. The molecule has 0 aliphatic heterocycles. The lowest BCUT2D eigenvalue weighted by Crippen LogP contribution is -2.33. The average molecular weight is 249 g/mol. The first-order valence-electron chi connectivity index (χ1n) is 6.66. The highest BCUT2D eigenvalue weighted by Gasteiger charge is 2.26. The Hall–Kier alpha value is -0.900. The molecular weight excluding hydrogens is 226 g/mol. The van der Waals surface area contributed by atoms with Crippen molar-refractivity contribution in [2.45, 2.75) is 37.5 Å². The van der Waals surface area contributed by atoms with Crippen molar-refractivity contribution in [3.05, 3.63) is 35.9 Å². The van der Waals surface area contributed by atoms with Crippen molar-refractivity contribution in [3.8, 4) is 0 Å². The van der Waals surface area contributed by atoms with Gasteiger partial charge in [0, 0.05) is 20.3 Å². The molecule has 0 saturated heterocycles. The zero-order valence-electron chi connectivity index (χ0n) is 11.3. The highest BCUT2D eigenvalue weighted by Crippen LogP contribution is 2.24. The zero-order chi connectivity index (χ0) is 12.8. The predicted molar refractivity (Wildman–Crippen MR) is 72.6 cm³/mol. The molecule has 1 aliphatic rings. The van der Waals surface area contributed by atoms with Gasteiger partial charge in [-0.25, -0.2) is 0 Å². The molecule has 3 heteroatoms. The summed E-state index contributed by atoms with van der Waals surface area (Å²) in [7, 11) is 3.56. The number of rotatable bonds is 6. The van der Waals surface area contributed by atoms with E-state index in [4.69, 9.17) is 9.47 Å². The fraction of sp³-hybridized carbons (Fsp3) is 0.600. The third kappa shape index (κ3) is 3.55. The molecule has 1 fully saturated rings. The van der Waals surface area contributed by atoms with Crippen LogP contribution < -0.4 is 5.32 Å². The molecule has 0 radical (unpaired) electrons. The van der Waals surface area contributed by atoms with Crippen LogP contribution in [0.15, 0.2) is 30.3 Å². The smallest absolute Gasteiger partial charge is 0.0657 e. The lowest BCUT2D eigenvalue weighted by atomic mass is 10.1. The molecule has 2 rings (SSSR count). The summed E-state index contributed by atoms with van der Waals surface area (Å²) >= 11 is 0. The van der Waals surface area contributed by atoms with Crippen molar-refractivity contribution in [3.63, 3.8) is 0 Å². The van der Waals surface area contributed by atoms with Crippen LogP contribution in [-0.4, -0.2) is 33.0 Å². The van der Waals surface area contributed by atoms with E-state index in [9.17, 15) is 0 Å². The van der Waals surface area contributed by atoms with Gasteiger partial charge in [0.05, 0.1) is 18.8 Å². The topological polar surface area (TPSA) is 30.5 Å². The molecule has 18 heavy (non-hydrogen) atoms. The molecule has 1 aliphatic carbocycles. The summed E-state index contributed by atoms with van der Waals surface area (Å²) in [6.07, 6.45) is 3.86. The van der Waals surface area contributed by atoms with Crippen LogP contribution in [0.5, 0.6) is 0 Å². The standard InChI is InChI=1S/C15H23NO2/c1-17-11-15(12-6-4-3-5-7-12)16-13-8-9-14(10-13)18-2/h3-7,13-16H,8-11H2,1-2H3. The molecule has 3 nitrogen and oxygen atoms in total. The van der Waals surface area contributed by atoms with E-state index < -0.39 is 0 Å². The van der Waals surface area contributed by atoms with Gasteiger partial charge in [-0.15, -0.1) is 0 Å². The van der Waals surface area contributed by atoms with Gasteiger partial charge in [0.25, 0.3) is 0 Å². The minimum atomic E-state index is 0.275. The van der Waals surface area contributed by atoms with Gasteiger partial charge in [0.2, 0.25) is 0 Å². The molecule has 0 heterocycles. The summed E-state index contributed by atoms with van der Waals surface area (Å²) in [4.78, 5) is 0. The second kappa shape index (κ2) is 6.88. The number of methoxy groups -OCH3 is 2. The number of nitrogens with one attached hydrogen (secondary N) is 1. The molecule has 3 unspecified atom stereocenters. The molecule has 1 aromatic rings. The van der Waals surface area contributed by atoms with Crippen LogP contribution in [0.1, 0.15) is 30.9 Å². The maximum Gasteiger partial charge on any atom is 0.0657 e. The highest BCUT2D eigenvalue weighted by atomic mass is 16.5. The molecule has 0 bridgehead atoms. The van der Waals surface area contributed by atoms with E-state index >= 15 is 0 Å². The van der Waals surface area contributed by atoms with Gasteiger partial charge >= 0.3 is 0 Å². The molecule has 3 atom stereocenters. The Morgan fingerprint density at radius 2 is 2.00 bits per heavy atom. The highest BCUT2D eigenvalue weighted by molar-refractivity contribution is 5.19. The number of hydrogen-bond donors (Lipinski definition) is 1. The van der Waals surface area contributed by atoms with Crippen LogP contribution in [0.4, 0.5) is 0 Å². The Labute approximate surface area is 109 Å². The van der Waals surface area contributed by atoms with E-state index in [1.807, 2.05) is 6.07 Å². The lowest BCUT2D eigenvalue weighted by molar-refractivity contribution is 0.105. The largest absolute Gasteiger partial charge is 0.383 e. The van der Waals surface area contributed by atoms with Crippen LogP contribution in [0.2, 0.25) is 0 Å². The third-order valence-electron chi connectivity index (χ3n) is 3.69. The maximum absolute atomic E-state index is 5.42. The van der Waals surface area contributed by atoms with Gasteiger partial charge in [-0.3, -0.25) is 0 Å². The molecule has 0 aromatic heterocycles. The lowest BCUT2D eigenvalue weighted by Gasteiger charge is -2.23. The minimum Gasteiger partial charge on any atom is -0.383 e. The number of benzene rings is 1. The van der Waals surface area contributed by atoms with E-state index in [1.54, 1.807) is 14.2 Å². The van der Waals surface area contributed by atoms with Crippen LogP contribution in [0, 0.1) is 0 Å². The fourth-order valence-corrected chi connectivity index (χ4v) is 2.68. The monoisotopic (exact) mass is 249 g/mol. The zero-order valence-corrected chi connectivity index (χ0v) is 11.3. The summed E-state index contributed by atoms with van der Waals surface area (Å²) in [6.45, 7) is 0.707. The number of ether oxygens (including phenoxy) is 2. The van der Waals surface area contributed by atoms with Crippen molar-refractivity contribution in [2.24, 2.45) is 0 Å².